The van der Waals surface area contributed by atoms with Gasteiger partial charge < -0.3 is 15.6 Å². The Hall–Kier alpha value is -2.16. The number of hydrogen-bond acceptors (Lipinski definition) is 4. The predicted molar refractivity (Wildman–Crippen MR) is 77.5 cm³/mol. The first-order valence-electron chi connectivity index (χ1n) is 5.83. The van der Waals surface area contributed by atoms with E-state index in [0.717, 1.165) is 0 Å². The molecule has 108 valence electrons. The zero-order valence-corrected chi connectivity index (χ0v) is 12.4. The Balaban J connectivity index is 2.68. The third-order valence-corrected chi connectivity index (χ3v) is 3.85. The second-order valence-electron chi connectivity index (χ2n) is 4.37. The zero-order chi connectivity index (χ0) is 15.7. The van der Waals surface area contributed by atoms with E-state index in [1.54, 1.807) is 6.07 Å². The molecule has 0 fully saturated rings. The Kier molecular flexibility index (Phi) is 4.12. The van der Waals surface area contributed by atoms with Crippen LogP contribution in [0.15, 0.2) is 41.0 Å². The van der Waals surface area contributed by atoms with Crippen LogP contribution in [0.1, 0.15) is 18.4 Å². The highest BCUT2D eigenvalue weighted by molar-refractivity contribution is 6.42. The third kappa shape index (κ3) is 2.68. The number of carbonyl (C=O) groups is 1. The fourth-order valence-electron chi connectivity index (χ4n) is 2.18. The number of halogens is 2. The first kappa shape index (κ1) is 15.2. The first-order valence-corrected chi connectivity index (χ1v) is 6.59. The number of ether oxygens (including phenoxy) is 1. The quantitative estimate of drug-likeness (QED) is 0.870. The summed E-state index contributed by atoms with van der Waals surface area (Å²) in [4.78, 5) is 11.5. The largest absolute Gasteiger partial charge is 0.478 e. The van der Waals surface area contributed by atoms with Crippen molar-refractivity contribution in [3.05, 3.63) is 56.6 Å². The number of carboxylic acids is 1. The molecule has 1 aliphatic rings. The van der Waals surface area contributed by atoms with Crippen LogP contribution in [-0.4, -0.2) is 11.1 Å². The van der Waals surface area contributed by atoms with Crippen molar-refractivity contribution in [3.8, 4) is 6.07 Å². The lowest BCUT2D eigenvalue weighted by atomic mass is 9.83. The van der Waals surface area contributed by atoms with E-state index in [1.165, 1.54) is 19.1 Å². The summed E-state index contributed by atoms with van der Waals surface area (Å²) in [6.07, 6.45) is 0. The smallest absolute Gasteiger partial charge is 0.336 e. The van der Waals surface area contributed by atoms with Gasteiger partial charge in [-0.05, 0) is 24.6 Å². The van der Waals surface area contributed by atoms with E-state index in [-0.39, 0.29) is 27.8 Å². The Morgan fingerprint density at radius 3 is 2.62 bits per heavy atom. The van der Waals surface area contributed by atoms with Crippen molar-refractivity contribution in [1.29, 1.82) is 5.26 Å². The van der Waals surface area contributed by atoms with Crippen LogP contribution in [0.5, 0.6) is 0 Å². The minimum absolute atomic E-state index is 0.0244. The Morgan fingerprint density at radius 1 is 1.43 bits per heavy atom. The van der Waals surface area contributed by atoms with Crippen LogP contribution in [0, 0.1) is 11.3 Å². The number of allylic oxidation sites excluding steroid dienone is 2. The predicted octanol–water partition coefficient (Wildman–Crippen LogP) is 3.16. The summed E-state index contributed by atoms with van der Waals surface area (Å²) in [5.74, 6) is -2.02. The molecule has 1 heterocycles. The maximum absolute atomic E-state index is 11.5. The Bertz CT molecular complexity index is 732. The van der Waals surface area contributed by atoms with E-state index in [0.29, 0.717) is 10.6 Å². The summed E-state index contributed by atoms with van der Waals surface area (Å²) in [5.41, 5.74) is 6.16. The molecule has 0 saturated carbocycles. The minimum Gasteiger partial charge on any atom is -0.478 e. The monoisotopic (exact) mass is 324 g/mol. The molecule has 3 N–H and O–H groups in total. The van der Waals surface area contributed by atoms with Gasteiger partial charge in [-0.25, -0.2) is 4.79 Å². The van der Waals surface area contributed by atoms with Gasteiger partial charge in [0.25, 0.3) is 0 Å². The van der Waals surface area contributed by atoms with Gasteiger partial charge in [-0.1, -0.05) is 29.3 Å². The van der Waals surface area contributed by atoms with Crippen LogP contribution >= 0.6 is 23.2 Å². The highest BCUT2D eigenvalue weighted by Gasteiger charge is 2.35. The lowest BCUT2D eigenvalue weighted by Gasteiger charge is -2.25. The molecular formula is C14H10Cl2N2O3. The number of nitrogens with zero attached hydrogens (tertiary/aromatic N) is 1. The topological polar surface area (TPSA) is 96.3 Å². The van der Waals surface area contributed by atoms with Crippen LogP contribution in [0.25, 0.3) is 0 Å². The fraction of sp³-hybridized carbons (Fsp3) is 0.143. The lowest BCUT2D eigenvalue weighted by molar-refractivity contribution is -0.133. The van der Waals surface area contributed by atoms with Crippen molar-refractivity contribution >= 4 is 29.2 Å². The molecule has 1 aromatic rings. The molecule has 5 nitrogen and oxygen atoms in total. The van der Waals surface area contributed by atoms with Crippen LogP contribution in [0.3, 0.4) is 0 Å². The molecule has 0 saturated heterocycles. The van der Waals surface area contributed by atoms with Crippen LogP contribution in [0.2, 0.25) is 10.0 Å². The summed E-state index contributed by atoms with van der Waals surface area (Å²) in [7, 11) is 0. The molecule has 0 amide bonds. The molecular weight excluding hydrogens is 315 g/mol. The molecule has 0 bridgehead atoms. The van der Waals surface area contributed by atoms with E-state index >= 15 is 0 Å². The van der Waals surface area contributed by atoms with Gasteiger partial charge in [-0.3, -0.25) is 0 Å². The lowest BCUT2D eigenvalue weighted by Crippen LogP contribution is -2.24. The summed E-state index contributed by atoms with van der Waals surface area (Å²) < 4.78 is 5.14. The molecule has 2 rings (SSSR count). The highest BCUT2D eigenvalue weighted by Crippen LogP contribution is 2.40. The Labute approximate surface area is 130 Å². The second-order valence-corrected chi connectivity index (χ2v) is 5.19. The van der Waals surface area contributed by atoms with Crippen LogP contribution in [0.4, 0.5) is 0 Å². The van der Waals surface area contributed by atoms with Crippen molar-refractivity contribution in [3.63, 3.8) is 0 Å². The van der Waals surface area contributed by atoms with E-state index in [4.69, 9.17) is 33.7 Å². The summed E-state index contributed by atoms with van der Waals surface area (Å²) in [6, 6.07) is 6.55. The second kappa shape index (κ2) is 5.68. The summed E-state index contributed by atoms with van der Waals surface area (Å²) in [6.45, 7) is 1.48. The van der Waals surface area contributed by atoms with Gasteiger partial charge in [-0.2, -0.15) is 5.26 Å². The summed E-state index contributed by atoms with van der Waals surface area (Å²) in [5, 5.41) is 19.3. The zero-order valence-electron chi connectivity index (χ0n) is 10.9. The Morgan fingerprint density at radius 2 is 2.10 bits per heavy atom. The minimum atomic E-state index is -1.19. The molecule has 0 aromatic heterocycles. The molecule has 1 aromatic carbocycles. The molecule has 0 spiro atoms. The van der Waals surface area contributed by atoms with Gasteiger partial charge in [0.1, 0.15) is 17.4 Å². The number of nitrogens with two attached hydrogens (primary N) is 1. The maximum atomic E-state index is 11.5. The van der Waals surface area contributed by atoms with E-state index < -0.39 is 11.9 Å². The van der Waals surface area contributed by atoms with Gasteiger partial charge in [-0.15, -0.1) is 0 Å². The molecule has 21 heavy (non-hydrogen) atoms. The fourth-order valence-corrected chi connectivity index (χ4v) is 2.49. The molecule has 1 atom stereocenters. The summed E-state index contributed by atoms with van der Waals surface area (Å²) >= 11 is 11.8. The molecule has 1 aliphatic heterocycles. The van der Waals surface area contributed by atoms with Crippen LogP contribution < -0.4 is 5.73 Å². The normalized spacial score (nSPS) is 18.3. The molecule has 7 heteroatoms. The number of rotatable bonds is 2. The first-order chi connectivity index (χ1) is 9.86. The van der Waals surface area contributed by atoms with Crippen LogP contribution in [-0.2, 0) is 9.53 Å². The van der Waals surface area contributed by atoms with E-state index in [1.807, 2.05) is 6.07 Å². The van der Waals surface area contributed by atoms with Crippen molar-refractivity contribution in [1.82, 2.24) is 0 Å². The number of aliphatic carboxylic acids is 1. The highest BCUT2D eigenvalue weighted by atomic mass is 35.5. The van der Waals surface area contributed by atoms with Crippen molar-refractivity contribution < 1.29 is 14.6 Å². The third-order valence-electron chi connectivity index (χ3n) is 3.11. The van der Waals surface area contributed by atoms with Gasteiger partial charge in [0.15, 0.2) is 0 Å². The maximum Gasteiger partial charge on any atom is 0.336 e. The van der Waals surface area contributed by atoms with E-state index in [2.05, 4.69) is 0 Å². The number of nitriles is 1. The standard InChI is InChI=1S/C14H10Cl2N2O3/c1-6-11(14(19)20)12(8(5-17)13(18)21-6)7-2-3-9(15)10(16)4-7/h2-4,12H,18H2,1H3,(H,19,20). The van der Waals surface area contributed by atoms with Crippen molar-refractivity contribution in [2.75, 3.05) is 0 Å². The molecule has 0 radical (unpaired) electrons. The van der Waals surface area contributed by atoms with E-state index in [9.17, 15) is 15.2 Å². The SMILES string of the molecule is CC1=C(C(=O)O)C(c2ccc(Cl)c(Cl)c2)C(C#N)=C(N)O1. The van der Waals surface area contributed by atoms with Gasteiger partial charge in [0, 0.05) is 0 Å². The molecule has 1 unspecified atom stereocenters. The average Bonchev–Trinajstić information content (AvgIpc) is 2.40. The van der Waals surface area contributed by atoms with Gasteiger partial charge in [0.05, 0.1) is 21.5 Å². The number of carboxylic acid groups (broad SMARTS) is 1. The van der Waals surface area contributed by atoms with Crippen molar-refractivity contribution in [2.45, 2.75) is 12.8 Å². The van der Waals surface area contributed by atoms with Gasteiger partial charge >= 0.3 is 5.97 Å². The van der Waals surface area contributed by atoms with Gasteiger partial charge in [0.2, 0.25) is 5.88 Å². The molecule has 0 aliphatic carbocycles. The number of hydrogen-bond donors (Lipinski definition) is 2. The van der Waals surface area contributed by atoms with Crippen molar-refractivity contribution in [2.24, 2.45) is 5.73 Å². The number of benzene rings is 1. The average molecular weight is 325 g/mol.